The van der Waals surface area contributed by atoms with Crippen molar-refractivity contribution in [2.75, 3.05) is 18.4 Å². The number of halogens is 1. The van der Waals surface area contributed by atoms with Crippen LogP contribution in [0.15, 0.2) is 23.7 Å². The van der Waals surface area contributed by atoms with Crippen LogP contribution in [0.25, 0.3) is 0 Å². The molecule has 0 radical (unpaired) electrons. The van der Waals surface area contributed by atoms with Crippen molar-refractivity contribution in [3.63, 3.8) is 0 Å². The lowest BCUT2D eigenvalue weighted by molar-refractivity contribution is -0.144. The molecule has 126 valence electrons. The van der Waals surface area contributed by atoms with E-state index in [1.807, 2.05) is 12.3 Å². The molecule has 3 rings (SSSR count). The molecular formula is C16H17ClN4O2S. The van der Waals surface area contributed by atoms with E-state index in [1.165, 1.54) is 6.20 Å². The van der Waals surface area contributed by atoms with Crippen LogP contribution in [0.3, 0.4) is 0 Å². The molecule has 1 atom stereocenters. The van der Waals surface area contributed by atoms with Gasteiger partial charge in [0.25, 0.3) is 0 Å². The zero-order chi connectivity index (χ0) is 17.1. The summed E-state index contributed by atoms with van der Waals surface area (Å²) in [5, 5.41) is 5.94. The first kappa shape index (κ1) is 16.9. The lowest BCUT2D eigenvalue weighted by Gasteiger charge is -2.31. The molecule has 8 heteroatoms. The van der Waals surface area contributed by atoms with Gasteiger partial charge in [-0.2, -0.15) is 0 Å². The van der Waals surface area contributed by atoms with E-state index in [0.717, 1.165) is 23.5 Å². The lowest BCUT2D eigenvalue weighted by Crippen LogP contribution is -2.44. The molecule has 0 bridgehead atoms. The fraction of sp³-hybridized carbons (Fsp3) is 0.375. The van der Waals surface area contributed by atoms with Crippen LogP contribution < -0.4 is 5.32 Å². The molecule has 0 aliphatic carbocycles. The first-order valence-electron chi connectivity index (χ1n) is 7.67. The standard InChI is InChI=1S/C16H17ClN4O2S/c1-10-9-24-15(19-10)11-3-2-6-21(8-11)16(23)14(22)20-12-4-5-13(17)18-7-12/h4-5,7,9,11H,2-3,6,8H2,1H3,(H,20,22). The number of thiazole rings is 1. The number of likely N-dealkylation sites (tertiary alicyclic amines) is 1. The van der Waals surface area contributed by atoms with Crippen LogP contribution in [0.1, 0.15) is 29.5 Å². The van der Waals surface area contributed by atoms with Gasteiger partial charge in [0.15, 0.2) is 0 Å². The highest BCUT2D eigenvalue weighted by atomic mass is 35.5. The van der Waals surface area contributed by atoms with Gasteiger partial charge in [-0.3, -0.25) is 9.59 Å². The van der Waals surface area contributed by atoms with E-state index in [-0.39, 0.29) is 5.92 Å². The number of rotatable bonds is 2. The normalized spacial score (nSPS) is 17.6. The van der Waals surface area contributed by atoms with Crippen molar-refractivity contribution in [3.05, 3.63) is 39.6 Å². The number of carbonyl (C=O) groups excluding carboxylic acids is 2. The van der Waals surface area contributed by atoms with Crippen LogP contribution >= 0.6 is 22.9 Å². The minimum absolute atomic E-state index is 0.200. The minimum atomic E-state index is -0.657. The summed E-state index contributed by atoms with van der Waals surface area (Å²) < 4.78 is 0. The van der Waals surface area contributed by atoms with E-state index in [2.05, 4.69) is 15.3 Å². The Morgan fingerprint density at radius 2 is 2.25 bits per heavy atom. The van der Waals surface area contributed by atoms with Crippen LogP contribution in [-0.2, 0) is 9.59 Å². The molecule has 0 spiro atoms. The third-order valence-corrected chi connectivity index (χ3v) is 5.22. The molecule has 1 unspecified atom stereocenters. The van der Waals surface area contributed by atoms with Crippen LogP contribution in [0.2, 0.25) is 5.15 Å². The maximum atomic E-state index is 12.4. The van der Waals surface area contributed by atoms with Gasteiger partial charge < -0.3 is 10.2 Å². The first-order valence-corrected chi connectivity index (χ1v) is 8.92. The molecule has 0 saturated carbocycles. The van der Waals surface area contributed by atoms with Crippen molar-refractivity contribution in [2.45, 2.75) is 25.7 Å². The number of aromatic nitrogens is 2. The average molecular weight is 365 g/mol. The highest BCUT2D eigenvalue weighted by molar-refractivity contribution is 7.09. The Morgan fingerprint density at radius 1 is 1.42 bits per heavy atom. The quantitative estimate of drug-likeness (QED) is 0.656. The molecule has 3 heterocycles. The van der Waals surface area contributed by atoms with E-state index < -0.39 is 11.8 Å². The summed E-state index contributed by atoms with van der Waals surface area (Å²) in [6.07, 6.45) is 3.27. The molecular weight excluding hydrogens is 348 g/mol. The smallest absolute Gasteiger partial charge is 0.313 e. The third kappa shape index (κ3) is 3.91. The number of hydrogen-bond acceptors (Lipinski definition) is 5. The molecule has 1 saturated heterocycles. The molecule has 1 aliphatic rings. The Kier molecular flexibility index (Phi) is 5.11. The van der Waals surface area contributed by atoms with Gasteiger partial charge in [-0.05, 0) is 31.9 Å². The summed E-state index contributed by atoms with van der Waals surface area (Å²) >= 11 is 7.32. The molecule has 1 aliphatic heterocycles. The van der Waals surface area contributed by atoms with Gasteiger partial charge in [-0.15, -0.1) is 11.3 Å². The topological polar surface area (TPSA) is 75.2 Å². The second-order valence-corrected chi connectivity index (χ2v) is 7.02. The van der Waals surface area contributed by atoms with Crippen LogP contribution in [0.5, 0.6) is 0 Å². The fourth-order valence-electron chi connectivity index (χ4n) is 2.70. The molecule has 2 aromatic heterocycles. The predicted octanol–water partition coefficient (Wildman–Crippen LogP) is 2.84. The first-order chi connectivity index (χ1) is 11.5. The summed E-state index contributed by atoms with van der Waals surface area (Å²) in [7, 11) is 0. The maximum Gasteiger partial charge on any atom is 0.313 e. The van der Waals surface area contributed by atoms with Crippen LogP contribution in [-0.4, -0.2) is 39.8 Å². The van der Waals surface area contributed by atoms with E-state index in [9.17, 15) is 9.59 Å². The lowest BCUT2D eigenvalue weighted by atomic mass is 9.98. The number of nitrogens with zero attached hydrogens (tertiary/aromatic N) is 3. The number of hydrogen-bond donors (Lipinski definition) is 1. The number of aryl methyl sites for hydroxylation is 1. The second kappa shape index (κ2) is 7.27. The predicted molar refractivity (Wildman–Crippen MR) is 93.3 cm³/mol. The van der Waals surface area contributed by atoms with Gasteiger partial charge in [0.05, 0.1) is 16.9 Å². The highest BCUT2D eigenvalue weighted by Gasteiger charge is 2.29. The average Bonchev–Trinajstić information content (AvgIpc) is 3.03. The van der Waals surface area contributed by atoms with Crippen LogP contribution in [0, 0.1) is 6.92 Å². The maximum absolute atomic E-state index is 12.4. The van der Waals surface area contributed by atoms with E-state index in [0.29, 0.717) is 23.9 Å². The molecule has 2 amide bonds. The molecule has 1 N–H and O–H groups in total. The van der Waals surface area contributed by atoms with Gasteiger partial charge in [0.1, 0.15) is 5.15 Å². The van der Waals surface area contributed by atoms with Crippen molar-refractivity contribution in [3.8, 4) is 0 Å². The number of nitrogens with one attached hydrogen (secondary N) is 1. The summed E-state index contributed by atoms with van der Waals surface area (Å²) in [6, 6.07) is 3.17. The minimum Gasteiger partial charge on any atom is -0.334 e. The van der Waals surface area contributed by atoms with Crippen molar-refractivity contribution in [1.82, 2.24) is 14.9 Å². The summed E-state index contributed by atoms with van der Waals surface area (Å²) in [5.74, 6) is -0.982. The Morgan fingerprint density at radius 3 is 2.92 bits per heavy atom. The third-order valence-electron chi connectivity index (χ3n) is 3.87. The van der Waals surface area contributed by atoms with Crippen molar-refractivity contribution >= 4 is 40.4 Å². The van der Waals surface area contributed by atoms with Gasteiger partial charge in [-0.1, -0.05) is 11.6 Å². The highest BCUT2D eigenvalue weighted by Crippen LogP contribution is 2.29. The van der Waals surface area contributed by atoms with Crippen LogP contribution in [0.4, 0.5) is 5.69 Å². The number of pyridine rings is 1. The van der Waals surface area contributed by atoms with Gasteiger partial charge in [-0.25, -0.2) is 9.97 Å². The zero-order valence-corrected chi connectivity index (χ0v) is 14.7. The molecule has 2 aromatic rings. The van der Waals surface area contributed by atoms with Gasteiger partial charge in [0, 0.05) is 30.1 Å². The van der Waals surface area contributed by atoms with E-state index in [1.54, 1.807) is 28.4 Å². The second-order valence-electron chi connectivity index (χ2n) is 5.74. The summed E-state index contributed by atoms with van der Waals surface area (Å²) in [5.41, 5.74) is 1.44. The Labute approximate surface area is 148 Å². The van der Waals surface area contributed by atoms with E-state index >= 15 is 0 Å². The number of amides is 2. The molecule has 0 aromatic carbocycles. The number of piperidine rings is 1. The van der Waals surface area contributed by atoms with Crippen molar-refractivity contribution in [2.24, 2.45) is 0 Å². The molecule has 24 heavy (non-hydrogen) atoms. The SMILES string of the molecule is Cc1csc(C2CCCN(C(=O)C(=O)Nc3ccc(Cl)nc3)C2)n1. The number of anilines is 1. The Balaban J connectivity index is 1.63. The Hall–Kier alpha value is -1.99. The van der Waals surface area contributed by atoms with Gasteiger partial charge >= 0.3 is 11.8 Å². The monoisotopic (exact) mass is 364 g/mol. The Bertz CT molecular complexity index is 747. The molecule has 6 nitrogen and oxygen atoms in total. The summed E-state index contributed by atoms with van der Waals surface area (Å²) in [6.45, 7) is 3.07. The zero-order valence-electron chi connectivity index (χ0n) is 13.2. The largest absolute Gasteiger partial charge is 0.334 e. The van der Waals surface area contributed by atoms with Crippen molar-refractivity contribution in [1.29, 1.82) is 0 Å². The summed E-state index contributed by atoms with van der Waals surface area (Å²) in [4.78, 5) is 34.6. The number of carbonyl (C=O) groups is 2. The molecule has 1 fully saturated rings. The fourth-order valence-corrected chi connectivity index (χ4v) is 3.74. The van der Waals surface area contributed by atoms with Gasteiger partial charge in [0.2, 0.25) is 0 Å². The van der Waals surface area contributed by atoms with Crippen molar-refractivity contribution < 1.29 is 9.59 Å². The van der Waals surface area contributed by atoms with E-state index in [4.69, 9.17) is 11.6 Å².